The van der Waals surface area contributed by atoms with Crippen LogP contribution in [0.1, 0.15) is 44.6 Å². The summed E-state index contributed by atoms with van der Waals surface area (Å²) in [5, 5.41) is 4.72. The number of allylic oxidation sites excluding steroid dienone is 3. The van der Waals surface area contributed by atoms with Gasteiger partial charge in [-0.05, 0) is 53.8 Å². The third-order valence-electron chi connectivity index (χ3n) is 5.86. The van der Waals surface area contributed by atoms with E-state index < -0.39 is 6.36 Å². The molecule has 32 heavy (non-hydrogen) atoms. The monoisotopic (exact) mass is 450 g/mol. The maximum absolute atomic E-state index is 12.4. The van der Waals surface area contributed by atoms with E-state index in [4.69, 9.17) is 9.26 Å². The molecule has 9 heteroatoms. The fourth-order valence-electron chi connectivity index (χ4n) is 4.15. The van der Waals surface area contributed by atoms with Gasteiger partial charge in [0.05, 0.1) is 11.4 Å². The number of halogens is 3. The van der Waals surface area contributed by atoms with Crippen molar-refractivity contribution in [2.45, 2.75) is 51.4 Å². The zero-order valence-corrected chi connectivity index (χ0v) is 17.9. The second-order valence-corrected chi connectivity index (χ2v) is 8.41. The van der Waals surface area contributed by atoms with Crippen LogP contribution in [-0.2, 0) is 9.53 Å². The minimum absolute atomic E-state index is 0.0570. The first kappa shape index (κ1) is 22.2. The van der Waals surface area contributed by atoms with Crippen molar-refractivity contribution >= 4 is 16.9 Å². The van der Waals surface area contributed by atoms with Crippen LogP contribution in [0, 0.1) is 5.92 Å². The van der Waals surface area contributed by atoms with Crippen LogP contribution in [0.4, 0.5) is 13.2 Å². The number of likely N-dealkylation sites (tertiary alicyclic amines) is 1. The molecule has 1 amide bonds. The highest BCUT2D eigenvalue weighted by Gasteiger charge is 2.32. The van der Waals surface area contributed by atoms with Crippen molar-refractivity contribution < 1.29 is 32.0 Å². The summed E-state index contributed by atoms with van der Waals surface area (Å²) in [6.07, 6.45) is 1.54. The minimum Gasteiger partial charge on any atom is -0.473 e. The van der Waals surface area contributed by atoms with Gasteiger partial charge >= 0.3 is 6.36 Å². The Balaban J connectivity index is 1.47. The lowest BCUT2D eigenvalue weighted by Gasteiger charge is -2.30. The molecule has 1 aliphatic heterocycles. The highest BCUT2D eigenvalue weighted by Crippen LogP contribution is 2.34. The van der Waals surface area contributed by atoms with E-state index >= 15 is 0 Å². The van der Waals surface area contributed by atoms with Crippen LogP contribution in [0.25, 0.3) is 11.0 Å². The average molecular weight is 450 g/mol. The van der Waals surface area contributed by atoms with Crippen molar-refractivity contribution in [3.8, 4) is 5.88 Å². The van der Waals surface area contributed by atoms with E-state index in [0.717, 1.165) is 18.5 Å². The lowest BCUT2D eigenvalue weighted by molar-refractivity contribution is -0.303. The molecule has 0 spiro atoms. The average Bonchev–Trinajstić information content (AvgIpc) is 3.33. The Labute approximate surface area is 183 Å². The molecular weight excluding hydrogens is 425 g/mol. The lowest BCUT2D eigenvalue weighted by atomic mass is 9.91. The maximum Gasteiger partial charge on any atom is 0.573 e. The zero-order chi connectivity index (χ0) is 22.9. The van der Waals surface area contributed by atoms with E-state index in [1.165, 1.54) is 12.2 Å². The van der Waals surface area contributed by atoms with Crippen molar-refractivity contribution in [1.82, 2.24) is 10.1 Å². The van der Waals surface area contributed by atoms with Gasteiger partial charge < -0.3 is 18.9 Å². The van der Waals surface area contributed by atoms with Crippen LogP contribution in [0.15, 0.2) is 46.7 Å². The molecule has 1 fully saturated rings. The Kier molecular flexibility index (Phi) is 6.17. The van der Waals surface area contributed by atoms with Crippen molar-refractivity contribution in [3.63, 3.8) is 0 Å². The number of amides is 1. The molecule has 2 aliphatic rings. The number of carbonyl (C=O) groups is 1. The Morgan fingerprint density at radius 2 is 2.12 bits per heavy atom. The fourth-order valence-corrected chi connectivity index (χ4v) is 4.15. The quantitative estimate of drug-likeness (QED) is 0.572. The topological polar surface area (TPSA) is 64.8 Å². The van der Waals surface area contributed by atoms with Crippen LogP contribution in [-0.4, -0.2) is 41.5 Å². The molecule has 1 aromatic carbocycles. The van der Waals surface area contributed by atoms with Gasteiger partial charge in [-0.25, -0.2) is 0 Å². The molecule has 0 N–H and O–H groups in total. The largest absolute Gasteiger partial charge is 0.573 e. The second-order valence-electron chi connectivity index (χ2n) is 8.41. The Hall–Kier alpha value is -2.97. The van der Waals surface area contributed by atoms with Gasteiger partial charge in [0.1, 0.15) is 12.4 Å². The molecule has 2 unspecified atom stereocenters. The number of nitrogens with zero attached hydrogens (tertiary/aromatic N) is 2. The summed E-state index contributed by atoms with van der Waals surface area (Å²) in [7, 11) is 0. The van der Waals surface area contributed by atoms with Crippen LogP contribution in [0.3, 0.4) is 0 Å². The highest BCUT2D eigenvalue weighted by molar-refractivity contribution is 5.83. The van der Waals surface area contributed by atoms with E-state index in [1.54, 1.807) is 12.1 Å². The van der Waals surface area contributed by atoms with Crippen molar-refractivity contribution in [2.24, 2.45) is 5.92 Å². The summed E-state index contributed by atoms with van der Waals surface area (Å²) in [6.45, 7) is 5.15. The molecule has 172 valence electrons. The van der Waals surface area contributed by atoms with Gasteiger partial charge in [-0.3, -0.25) is 4.79 Å². The Morgan fingerprint density at radius 1 is 1.31 bits per heavy atom. The van der Waals surface area contributed by atoms with Crippen LogP contribution >= 0.6 is 0 Å². The van der Waals surface area contributed by atoms with Gasteiger partial charge in [0.2, 0.25) is 5.91 Å². The molecule has 4 rings (SSSR count). The molecule has 6 nitrogen and oxygen atoms in total. The smallest absolute Gasteiger partial charge is 0.473 e. The predicted molar refractivity (Wildman–Crippen MR) is 111 cm³/mol. The van der Waals surface area contributed by atoms with Gasteiger partial charge in [0.25, 0.3) is 5.88 Å². The zero-order valence-electron chi connectivity index (χ0n) is 17.9. The summed E-state index contributed by atoms with van der Waals surface area (Å²) in [4.78, 5) is 14.0. The normalized spacial score (nSPS) is 20.2. The van der Waals surface area contributed by atoms with E-state index in [0.29, 0.717) is 36.3 Å². The van der Waals surface area contributed by atoms with Crippen molar-refractivity contribution in [2.75, 3.05) is 13.2 Å². The maximum atomic E-state index is 12.4. The SMILES string of the molecule is CC(C)C(COc1noc2ccc(C3C=CC(OC(F)(F)F)=CC3)cc12)N1CCCC1=O. The van der Waals surface area contributed by atoms with Gasteiger partial charge in [0.15, 0.2) is 5.58 Å². The number of alkyl halides is 3. The van der Waals surface area contributed by atoms with Crippen LogP contribution in [0.5, 0.6) is 5.88 Å². The number of benzene rings is 1. The summed E-state index contributed by atoms with van der Waals surface area (Å²) in [5.74, 6) is 0.396. The van der Waals surface area contributed by atoms with Crippen molar-refractivity contribution in [1.29, 1.82) is 0 Å². The molecule has 0 radical (unpaired) electrons. The molecular formula is C23H25F3N2O4. The number of hydrogen-bond acceptors (Lipinski definition) is 5. The highest BCUT2D eigenvalue weighted by atomic mass is 19.4. The van der Waals surface area contributed by atoms with Gasteiger partial charge in [0, 0.05) is 18.9 Å². The molecule has 1 saturated heterocycles. The molecule has 0 bridgehead atoms. The number of fused-ring (bicyclic) bond motifs is 1. The summed E-state index contributed by atoms with van der Waals surface area (Å²) in [6, 6.07) is 5.45. The number of ether oxygens (including phenoxy) is 2. The molecule has 1 aliphatic carbocycles. The minimum atomic E-state index is -4.70. The van der Waals surface area contributed by atoms with Gasteiger partial charge in [-0.15, -0.1) is 13.2 Å². The first-order valence-electron chi connectivity index (χ1n) is 10.7. The first-order chi connectivity index (χ1) is 15.2. The summed E-state index contributed by atoms with van der Waals surface area (Å²) < 4.78 is 52.5. The molecule has 0 saturated carbocycles. The number of carbonyl (C=O) groups excluding carboxylic acids is 1. The molecule has 2 heterocycles. The van der Waals surface area contributed by atoms with E-state index in [2.05, 4.69) is 23.7 Å². The Bertz CT molecular complexity index is 1040. The van der Waals surface area contributed by atoms with E-state index in [9.17, 15) is 18.0 Å². The van der Waals surface area contributed by atoms with E-state index in [-0.39, 0.29) is 29.5 Å². The standard InChI is InChI=1S/C23H25F3N2O4/c1-14(2)19(28-11-3-4-21(28)29)13-30-22-18-12-16(7-10-20(18)32-27-22)15-5-8-17(9-6-15)31-23(24,25)26/h5,7-10,12,14-15,19H,3-4,6,11,13H2,1-2H3. The molecule has 2 aromatic rings. The lowest BCUT2D eigenvalue weighted by Crippen LogP contribution is -2.43. The third-order valence-corrected chi connectivity index (χ3v) is 5.86. The fraction of sp³-hybridized carbons (Fsp3) is 0.478. The summed E-state index contributed by atoms with van der Waals surface area (Å²) >= 11 is 0. The van der Waals surface area contributed by atoms with Crippen molar-refractivity contribution in [3.05, 3.63) is 47.7 Å². The second kappa shape index (κ2) is 8.88. The number of aromatic nitrogens is 1. The number of hydrogen-bond donors (Lipinski definition) is 0. The first-order valence-corrected chi connectivity index (χ1v) is 10.7. The van der Waals surface area contributed by atoms with Gasteiger partial charge in [-0.2, -0.15) is 0 Å². The Morgan fingerprint density at radius 3 is 2.75 bits per heavy atom. The van der Waals surface area contributed by atoms with Gasteiger partial charge in [-0.1, -0.05) is 26.0 Å². The summed E-state index contributed by atoms with van der Waals surface area (Å²) in [5.41, 5.74) is 1.46. The predicted octanol–water partition coefficient (Wildman–Crippen LogP) is 5.32. The number of rotatable bonds is 7. The molecule has 2 atom stereocenters. The molecule has 1 aromatic heterocycles. The van der Waals surface area contributed by atoms with Crippen LogP contribution in [0.2, 0.25) is 0 Å². The van der Waals surface area contributed by atoms with E-state index in [1.807, 2.05) is 17.0 Å². The van der Waals surface area contributed by atoms with Crippen LogP contribution < -0.4 is 4.74 Å². The third kappa shape index (κ3) is 4.92.